The van der Waals surface area contributed by atoms with Gasteiger partial charge in [-0.1, -0.05) is 12.1 Å². The molecule has 1 atom stereocenters. The van der Waals surface area contributed by atoms with Gasteiger partial charge in [-0.05, 0) is 55.2 Å². The zero-order chi connectivity index (χ0) is 21.3. The number of rotatable bonds is 6. The Labute approximate surface area is 175 Å². The monoisotopic (exact) mass is 433 g/mol. The summed E-state index contributed by atoms with van der Waals surface area (Å²) in [5, 5.41) is 12.8. The molecule has 7 nitrogen and oxygen atoms in total. The van der Waals surface area contributed by atoms with Crippen LogP contribution in [0.5, 0.6) is 0 Å². The number of benzene rings is 2. The molecule has 9 heteroatoms. The quantitative estimate of drug-likeness (QED) is 0.728. The molecule has 2 aromatic carbocycles. The minimum absolute atomic E-state index is 0.0329. The fraction of sp³-hybridized carbons (Fsp3) is 0.381. The summed E-state index contributed by atoms with van der Waals surface area (Å²) in [5.41, 5.74) is 0.460. The highest BCUT2D eigenvalue weighted by molar-refractivity contribution is 7.89. The minimum atomic E-state index is -3.77. The Kier molecular flexibility index (Phi) is 5.88. The van der Waals surface area contributed by atoms with Crippen molar-refractivity contribution in [1.82, 2.24) is 9.21 Å². The van der Waals surface area contributed by atoms with E-state index in [0.29, 0.717) is 24.7 Å². The van der Waals surface area contributed by atoms with Gasteiger partial charge in [0.05, 0.1) is 4.90 Å². The van der Waals surface area contributed by atoms with Crippen LogP contribution >= 0.6 is 0 Å². The van der Waals surface area contributed by atoms with Gasteiger partial charge in [0.15, 0.2) is 0 Å². The predicted octanol–water partition coefficient (Wildman–Crippen LogP) is 2.11. The van der Waals surface area contributed by atoms with Gasteiger partial charge in [-0.3, -0.25) is 9.69 Å². The number of hydrogen-bond acceptors (Lipinski definition) is 5. The predicted molar refractivity (Wildman–Crippen MR) is 110 cm³/mol. The highest BCUT2D eigenvalue weighted by atomic mass is 32.2. The van der Waals surface area contributed by atoms with Gasteiger partial charge in [0, 0.05) is 37.4 Å². The van der Waals surface area contributed by atoms with Crippen molar-refractivity contribution in [3.8, 4) is 0 Å². The molecular formula is C21H24FN3O4S. The molecule has 1 saturated carbocycles. The van der Waals surface area contributed by atoms with E-state index in [-0.39, 0.29) is 23.5 Å². The SMILES string of the molecule is O=C(Nc1cccc(F)c1)c1cccc(S(=O)(=O)N2CCN(C(O)C3CC3)CC2)c1. The lowest BCUT2D eigenvalue weighted by molar-refractivity contribution is -0.0286. The lowest BCUT2D eigenvalue weighted by atomic mass is 10.2. The Bertz CT molecular complexity index is 1030. The van der Waals surface area contributed by atoms with Crippen molar-refractivity contribution in [2.24, 2.45) is 5.92 Å². The number of hydrogen-bond donors (Lipinski definition) is 2. The van der Waals surface area contributed by atoms with Gasteiger partial charge < -0.3 is 10.4 Å². The smallest absolute Gasteiger partial charge is 0.255 e. The largest absolute Gasteiger partial charge is 0.378 e. The molecule has 0 spiro atoms. The molecule has 1 saturated heterocycles. The van der Waals surface area contributed by atoms with E-state index in [0.717, 1.165) is 12.8 Å². The third-order valence-corrected chi connectivity index (χ3v) is 7.40. The molecule has 160 valence electrons. The van der Waals surface area contributed by atoms with E-state index < -0.39 is 28.0 Å². The van der Waals surface area contributed by atoms with Gasteiger partial charge in [0.2, 0.25) is 10.0 Å². The normalized spacial score (nSPS) is 19.4. The molecule has 2 N–H and O–H groups in total. The van der Waals surface area contributed by atoms with E-state index in [4.69, 9.17) is 0 Å². The Hall–Kier alpha value is -2.33. The number of aliphatic hydroxyl groups excluding tert-OH is 1. The van der Waals surface area contributed by atoms with Crippen LogP contribution in [-0.2, 0) is 10.0 Å². The third-order valence-electron chi connectivity index (χ3n) is 5.51. The van der Waals surface area contributed by atoms with E-state index in [9.17, 15) is 22.7 Å². The first kappa shape index (κ1) is 20.9. The maximum atomic E-state index is 13.3. The van der Waals surface area contributed by atoms with Gasteiger partial charge >= 0.3 is 0 Å². The lowest BCUT2D eigenvalue weighted by Crippen LogP contribution is -2.52. The summed E-state index contributed by atoms with van der Waals surface area (Å²) < 4.78 is 40.8. The molecule has 2 aliphatic rings. The Morgan fingerprint density at radius 2 is 1.77 bits per heavy atom. The van der Waals surface area contributed by atoms with Gasteiger partial charge in [-0.2, -0.15) is 4.31 Å². The van der Waals surface area contributed by atoms with Crippen LogP contribution in [0.3, 0.4) is 0 Å². The number of aliphatic hydroxyl groups is 1. The molecule has 2 aromatic rings. The molecule has 1 amide bonds. The minimum Gasteiger partial charge on any atom is -0.378 e. The number of carbonyl (C=O) groups is 1. The molecule has 1 heterocycles. The second-order valence-electron chi connectivity index (χ2n) is 7.68. The Morgan fingerprint density at radius 1 is 1.07 bits per heavy atom. The second kappa shape index (κ2) is 8.43. The maximum Gasteiger partial charge on any atom is 0.255 e. The van der Waals surface area contributed by atoms with Crippen molar-refractivity contribution >= 4 is 21.6 Å². The summed E-state index contributed by atoms with van der Waals surface area (Å²) in [6, 6.07) is 11.3. The van der Waals surface area contributed by atoms with E-state index in [1.165, 1.54) is 46.8 Å². The van der Waals surface area contributed by atoms with Crippen LogP contribution in [0, 0.1) is 11.7 Å². The zero-order valence-corrected chi connectivity index (χ0v) is 17.2. The molecule has 30 heavy (non-hydrogen) atoms. The van der Waals surface area contributed by atoms with Crippen LogP contribution in [-0.4, -0.2) is 61.0 Å². The maximum absolute atomic E-state index is 13.3. The number of sulfonamides is 1. The van der Waals surface area contributed by atoms with E-state index in [2.05, 4.69) is 5.32 Å². The Balaban J connectivity index is 1.45. The molecule has 0 aromatic heterocycles. The molecule has 4 rings (SSSR count). The molecule has 1 unspecified atom stereocenters. The first-order valence-electron chi connectivity index (χ1n) is 9.94. The second-order valence-corrected chi connectivity index (χ2v) is 9.62. The molecule has 2 fully saturated rings. The van der Waals surface area contributed by atoms with E-state index >= 15 is 0 Å². The summed E-state index contributed by atoms with van der Waals surface area (Å²) in [4.78, 5) is 14.4. The fourth-order valence-corrected chi connectivity index (χ4v) is 5.09. The van der Waals surface area contributed by atoms with Gasteiger partial charge in [0.1, 0.15) is 12.0 Å². The topological polar surface area (TPSA) is 90.0 Å². The summed E-state index contributed by atoms with van der Waals surface area (Å²) in [6.45, 7) is 1.50. The summed E-state index contributed by atoms with van der Waals surface area (Å²) in [5.74, 6) is -0.688. The standard InChI is InChI=1S/C21H24FN3O4S/c22-17-4-2-5-18(14-17)23-20(26)16-3-1-6-19(13-16)30(28,29)25-11-9-24(10-12-25)21(27)15-7-8-15/h1-6,13-15,21,27H,7-12H2,(H,23,26). The van der Waals surface area contributed by atoms with Gasteiger partial charge in [-0.15, -0.1) is 0 Å². The molecule has 1 aliphatic carbocycles. The number of nitrogens with zero attached hydrogens (tertiary/aromatic N) is 2. The molecular weight excluding hydrogens is 409 g/mol. The zero-order valence-electron chi connectivity index (χ0n) is 16.4. The number of anilines is 1. The van der Waals surface area contributed by atoms with Gasteiger partial charge in [-0.25, -0.2) is 12.8 Å². The summed E-state index contributed by atoms with van der Waals surface area (Å²) >= 11 is 0. The highest BCUT2D eigenvalue weighted by Gasteiger charge is 2.37. The number of carbonyl (C=O) groups excluding carboxylic acids is 1. The fourth-order valence-electron chi connectivity index (χ4n) is 3.62. The number of nitrogens with one attached hydrogen (secondary N) is 1. The average Bonchev–Trinajstić information content (AvgIpc) is 3.59. The van der Waals surface area contributed by atoms with Crippen LogP contribution in [0.25, 0.3) is 0 Å². The van der Waals surface area contributed by atoms with E-state index in [1.54, 1.807) is 6.07 Å². The Morgan fingerprint density at radius 3 is 2.43 bits per heavy atom. The third kappa shape index (κ3) is 4.54. The van der Waals surface area contributed by atoms with Crippen molar-refractivity contribution in [2.45, 2.75) is 24.0 Å². The number of piperazine rings is 1. The molecule has 1 aliphatic heterocycles. The van der Waals surface area contributed by atoms with Crippen LogP contribution in [0.1, 0.15) is 23.2 Å². The van der Waals surface area contributed by atoms with Crippen LogP contribution in [0.2, 0.25) is 0 Å². The van der Waals surface area contributed by atoms with E-state index in [1.807, 2.05) is 4.90 Å². The van der Waals surface area contributed by atoms with Crippen molar-refractivity contribution in [3.63, 3.8) is 0 Å². The highest BCUT2D eigenvalue weighted by Crippen LogP contribution is 2.34. The number of amides is 1. The van der Waals surface area contributed by atoms with Crippen molar-refractivity contribution in [3.05, 3.63) is 59.9 Å². The van der Waals surface area contributed by atoms with Crippen LogP contribution < -0.4 is 5.32 Å². The van der Waals surface area contributed by atoms with Crippen molar-refractivity contribution < 1.29 is 22.7 Å². The van der Waals surface area contributed by atoms with Crippen molar-refractivity contribution in [1.29, 1.82) is 0 Å². The molecule has 0 bridgehead atoms. The first-order valence-corrected chi connectivity index (χ1v) is 11.4. The summed E-state index contributed by atoms with van der Waals surface area (Å²) in [6.07, 6.45) is 1.54. The van der Waals surface area contributed by atoms with Crippen molar-refractivity contribution in [2.75, 3.05) is 31.5 Å². The van der Waals surface area contributed by atoms with Crippen LogP contribution in [0.15, 0.2) is 53.4 Å². The van der Waals surface area contributed by atoms with Gasteiger partial charge in [0.25, 0.3) is 5.91 Å². The number of halogens is 1. The van der Waals surface area contributed by atoms with Crippen LogP contribution in [0.4, 0.5) is 10.1 Å². The summed E-state index contributed by atoms with van der Waals surface area (Å²) in [7, 11) is -3.77. The average molecular weight is 434 g/mol. The lowest BCUT2D eigenvalue weighted by Gasteiger charge is -2.36. The first-order chi connectivity index (χ1) is 14.3. The molecule has 0 radical (unpaired) electrons.